The second-order valence-corrected chi connectivity index (χ2v) is 7.94. The van der Waals surface area contributed by atoms with E-state index in [1.165, 1.54) is 6.92 Å². The lowest BCUT2D eigenvalue weighted by Crippen LogP contribution is -2.28. The Balaban J connectivity index is 1.67. The van der Waals surface area contributed by atoms with Crippen LogP contribution in [0, 0.1) is 12.8 Å². The highest BCUT2D eigenvalue weighted by Gasteiger charge is 2.34. The first-order valence-electron chi connectivity index (χ1n) is 9.03. The van der Waals surface area contributed by atoms with E-state index in [9.17, 15) is 14.4 Å². The van der Waals surface area contributed by atoms with Gasteiger partial charge in [-0.1, -0.05) is 45.8 Å². The Morgan fingerprint density at radius 1 is 1.11 bits per heavy atom. The quantitative estimate of drug-likeness (QED) is 0.738. The molecule has 2 N–H and O–H groups in total. The van der Waals surface area contributed by atoms with E-state index in [0.717, 1.165) is 15.6 Å². The number of aryl methyl sites for hydroxylation is 1. The SMILES string of the molecule is CC(=O)Nc1ccc(Br)cc1NC(=O)C1CC(=O)N(Cc2ccc(C)cc2)C1. The molecule has 146 valence electrons. The molecule has 3 rings (SSSR count). The molecule has 1 aliphatic heterocycles. The minimum atomic E-state index is -0.429. The Morgan fingerprint density at radius 2 is 1.82 bits per heavy atom. The molecule has 2 aromatic carbocycles. The highest BCUT2D eigenvalue weighted by atomic mass is 79.9. The number of carbonyl (C=O) groups is 3. The van der Waals surface area contributed by atoms with Crippen molar-refractivity contribution in [2.24, 2.45) is 5.92 Å². The summed E-state index contributed by atoms with van der Waals surface area (Å²) >= 11 is 3.37. The Hall–Kier alpha value is -2.67. The number of amides is 3. The molecule has 28 heavy (non-hydrogen) atoms. The maximum absolute atomic E-state index is 12.7. The summed E-state index contributed by atoms with van der Waals surface area (Å²) in [4.78, 5) is 38.2. The van der Waals surface area contributed by atoms with Crippen LogP contribution < -0.4 is 10.6 Å². The van der Waals surface area contributed by atoms with Crippen LogP contribution in [0.3, 0.4) is 0 Å². The fourth-order valence-electron chi connectivity index (χ4n) is 3.17. The standard InChI is InChI=1S/C21H22BrN3O3/c1-13-3-5-15(6-4-13)11-25-12-16(9-20(25)27)21(28)24-19-10-17(22)7-8-18(19)23-14(2)26/h3-8,10,16H,9,11-12H2,1-2H3,(H,23,26)(H,24,28). The molecule has 1 heterocycles. The average molecular weight is 444 g/mol. The summed E-state index contributed by atoms with van der Waals surface area (Å²) in [6.45, 7) is 4.30. The third-order valence-corrected chi connectivity index (χ3v) is 5.12. The summed E-state index contributed by atoms with van der Waals surface area (Å²) in [5.74, 6) is -0.915. The van der Waals surface area contributed by atoms with Gasteiger partial charge in [0, 0.05) is 30.9 Å². The third-order valence-electron chi connectivity index (χ3n) is 4.63. The number of carbonyl (C=O) groups excluding carboxylic acids is 3. The van der Waals surface area contributed by atoms with Gasteiger partial charge >= 0.3 is 0 Å². The van der Waals surface area contributed by atoms with E-state index < -0.39 is 5.92 Å². The fourth-order valence-corrected chi connectivity index (χ4v) is 3.53. The summed E-state index contributed by atoms with van der Waals surface area (Å²) in [7, 11) is 0. The van der Waals surface area contributed by atoms with Gasteiger partial charge in [-0.2, -0.15) is 0 Å². The molecule has 1 fully saturated rings. The predicted octanol–water partition coefficient (Wildman–Crippen LogP) is 3.70. The second kappa shape index (κ2) is 8.56. The van der Waals surface area contributed by atoms with Crippen LogP contribution in [0.25, 0.3) is 0 Å². The summed E-state index contributed by atoms with van der Waals surface area (Å²) in [6, 6.07) is 13.2. The normalized spacial score (nSPS) is 16.2. The van der Waals surface area contributed by atoms with Gasteiger partial charge in [0.1, 0.15) is 0 Å². The summed E-state index contributed by atoms with van der Waals surface area (Å²) in [5, 5.41) is 5.55. The van der Waals surface area contributed by atoms with E-state index in [1.807, 2.05) is 31.2 Å². The van der Waals surface area contributed by atoms with Gasteiger partial charge in [0.2, 0.25) is 17.7 Å². The lowest BCUT2D eigenvalue weighted by molar-refractivity contribution is -0.128. The summed E-state index contributed by atoms with van der Waals surface area (Å²) in [6.07, 6.45) is 0.182. The van der Waals surface area contributed by atoms with Gasteiger partial charge in [0.05, 0.1) is 17.3 Å². The Morgan fingerprint density at radius 3 is 2.50 bits per heavy atom. The molecule has 1 saturated heterocycles. The molecule has 0 spiro atoms. The molecular formula is C21H22BrN3O3. The van der Waals surface area contributed by atoms with Crippen molar-refractivity contribution >= 4 is 45.0 Å². The van der Waals surface area contributed by atoms with Gasteiger partial charge in [0.25, 0.3) is 0 Å². The molecule has 1 aliphatic rings. The largest absolute Gasteiger partial charge is 0.338 e. The molecule has 3 amide bonds. The van der Waals surface area contributed by atoms with E-state index in [0.29, 0.717) is 24.5 Å². The zero-order valence-corrected chi connectivity index (χ0v) is 17.4. The first-order chi connectivity index (χ1) is 13.3. The molecule has 6 nitrogen and oxygen atoms in total. The molecule has 1 atom stereocenters. The summed E-state index contributed by atoms with van der Waals surface area (Å²) < 4.78 is 0.778. The number of nitrogens with zero attached hydrogens (tertiary/aromatic N) is 1. The van der Waals surface area contributed by atoms with E-state index >= 15 is 0 Å². The highest BCUT2D eigenvalue weighted by molar-refractivity contribution is 9.10. The number of hydrogen-bond donors (Lipinski definition) is 2. The number of likely N-dealkylation sites (tertiary alicyclic amines) is 1. The maximum atomic E-state index is 12.7. The van der Waals surface area contributed by atoms with Crippen LogP contribution in [0.5, 0.6) is 0 Å². The first-order valence-corrected chi connectivity index (χ1v) is 9.82. The van der Waals surface area contributed by atoms with Crippen molar-refractivity contribution in [3.8, 4) is 0 Å². The molecule has 0 radical (unpaired) electrons. The molecule has 0 bridgehead atoms. The average Bonchev–Trinajstić information content (AvgIpc) is 3.00. The number of rotatable bonds is 5. The molecule has 0 saturated carbocycles. The van der Waals surface area contributed by atoms with Crippen molar-refractivity contribution in [3.63, 3.8) is 0 Å². The molecule has 1 unspecified atom stereocenters. The van der Waals surface area contributed by atoms with Crippen molar-refractivity contribution < 1.29 is 14.4 Å². The Kier molecular flexibility index (Phi) is 6.14. The van der Waals surface area contributed by atoms with Gasteiger partial charge in [-0.3, -0.25) is 14.4 Å². The van der Waals surface area contributed by atoms with Crippen LogP contribution in [0.4, 0.5) is 11.4 Å². The minimum absolute atomic E-state index is 0.0305. The molecule has 0 aliphatic carbocycles. The number of halogens is 1. The van der Waals surface area contributed by atoms with Crippen molar-refractivity contribution in [1.29, 1.82) is 0 Å². The molecule has 0 aromatic heterocycles. The lowest BCUT2D eigenvalue weighted by Gasteiger charge is -2.17. The third kappa shape index (κ3) is 4.98. The van der Waals surface area contributed by atoms with E-state index in [2.05, 4.69) is 26.6 Å². The van der Waals surface area contributed by atoms with Crippen molar-refractivity contribution in [1.82, 2.24) is 4.90 Å². The second-order valence-electron chi connectivity index (χ2n) is 7.02. The van der Waals surface area contributed by atoms with Crippen molar-refractivity contribution in [2.75, 3.05) is 17.2 Å². The van der Waals surface area contributed by atoms with E-state index in [4.69, 9.17) is 0 Å². The number of benzene rings is 2. The Labute approximate surface area is 172 Å². The summed E-state index contributed by atoms with van der Waals surface area (Å²) in [5.41, 5.74) is 3.22. The smallest absolute Gasteiger partial charge is 0.229 e. The van der Waals surface area contributed by atoms with Crippen LogP contribution in [-0.2, 0) is 20.9 Å². The first kappa shape index (κ1) is 20.1. The number of anilines is 2. The lowest BCUT2D eigenvalue weighted by atomic mass is 10.1. The molecule has 2 aromatic rings. The van der Waals surface area contributed by atoms with E-state index in [-0.39, 0.29) is 24.1 Å². The van der Waals surface area contributed by atoms with Gasteiger partial charge < -0.3 is 15.5 Å². The monoisotopic (exact) mass is 443 g/mol. The van der Waals surface area contributed by atoms with E-state index in [1.54, 1.807) is 23.1 Å². The van der Waals surface area contributed by atoms with Crippen LogP contribution in [-0.4, -0.2) is 29.2 Å². The van der Waals surface area contributed by atoms with Gasteiger partial charge in [-0.05, 0) is 30.7 Å². The minimum Gasteiger partial charge on any atom is -0.338 e. The van der Waals surface area contributed by atoms with Crippen LogP contribution in [0.2, 0.25) is 0 Å². The molecule has 7 heteroatoms. The zero-order chi connectivity index (χ0) is 20.3. The van der Waals surface area contributed by atoms with Crippen molar-refractivity contribution in [2.45, 2.75) is 26.8 Å². The van der Waals surface area contributed by atoms with Gasteiger partial charge in [0.15, 0.2) is 0 Å². The number of hydrogen-bond acceptors (Lipinski definition) is 3. The Bertz CT molecular complexity index is 912. The number of nitrogens with one attached hydrogen (secondary N) is 2. The zero-order valence-electron chi connectivity index (χ0n) is 15.8. The van der Waals surface area contributed by atoms with Crippen molar-refractivity contribution in [3.05, 3.63) is 58.1 Å². The fraction of sp³-hybridized carbons (Fsp3) is 0.286. The maximum Gasteiger partial charge on any atom is 0.229 e. The van der Waals surface area contributed by atoms with Gasteiger partial charge in [-0.25, -0.2) is 0 Å². The topological polar surface area (TPSA) is 78.5 Å². The highest BCUT2D eigenvalue weighted by Crippen LogP contribution is 2.28. The van der Waals surface area contributed by atoms with Crippen LogP contribution in [0.15, 0.2) is 46.9 Å². The molecular weight excluding hydrogens is 422 g/mol. The van der Waals surface area contributed by atoms with Crippen LogP contribution in [0.1, 0.15) is 24.5 Å². The van der Waals surface area contributed by atoms with Gasteiger partial charge in [-0.15, -0.1) is 0 Å². The predicted molar refractivity (Wildman–Crippen MR) is 112 cm³/mol. The van der Waals surface area contributed by atoms with Crippen LogP contribution >= 0.6 is 15.9 Å².